The van der Waals surface area contributed by atoms with Crippen LogP contribution < -0.4 is 5.32 Å². The molecule has 2 aliphatic heterocycles. The Morgan fingerprint density at radius 3 is 1.51 bits per heavy atom. The third-order valence-corrected chi connectivity index (χ3v) is 8.85. The molecule has 51 heavy (non-hydrogen) atoms. The molecule has 2 heterocycles. The minimum atomic E-state index is -0.703. The van der Waals surface area contributed by atoms with Crippen molar-refractivity contribution < 1.29 is 38.2 Å². The number of hydrogen-bond acceptors (Lipinski definition) is 10. The van der Waals surface area contributed by atoms with Crippen molar-refractivity contribution in [2.24, 2.45) is 5.92 Å². The average Bonchev–Trinajstić information content (AvgIpc) is 3.49. The Labute approximate surface area is 311 Å². The second kappa shape index (κ2) is 19.8. The summed E-state index contributed by atoms with van der Waals surface area (Å²) in [6.07, 6.45) is 1.05. The molecule has 15 heteroatoms. The number of carbonyl (C=O) groups is 5. The van der Waals surface area contributed by atoms with Gasteiger partial charge >= 0.3 is 18.3 Å². The Bertz CT molecular complexity index is 1170. The van der Waals surface area contributed by atoms with E-state index in [2.05, 4.69) is 22.8 Å². The lowest BCUT2D eigenvalue weighted by molar-refractivity contribution is -0.140. The molecule has 2 atom stereocenters. The predicted molar refractivity (Wildman–Crippen MR) is 200 cm³/mol. The number of carbonyl (C=O) groups excluding carboxylic acids is 5. The zero-order valence-electron chi connectivity index (χ0n) is 32.9. The molecule has 2 saturated heterocycles. The minimum absolute atomic E-state index is 0.0524. The van der Waals surface area contributed by atoms with E-state index in [1.54, 1.807) is 40.4 Å². The molecule has 0 bridgehead atoms. The lowest BCUT2D eigenvalue weighted by Crippen LogP contribution is -2.50. The van der Waals surface area contributed by atoms with Crippen molar-refractivity contribution in [2.75, 3.05) is 77.7 Å². The summed E-state index contributed by atoms with van der Waals surface area (Å²) in [7, 11) is 0. The highest BCUT2D eigenvalue weighted by atomic mass is 32.1. The first kappa shape index (κ1) is 44.2. The van der Waals surface area contributed by atoms with Crippen LogP contribution in [0.2, 0.25) is 0 Å². The molecule has 0 aromatic rings. The summed E-state index contributed by atoms with van der Waals surface area (Å²) >= 11 is 4.26. The molecule has 0 aliphatic carbocycles. The van der Waals surface area contributed by atoms with Crippen LogP contribution in [0, 0.1) is 5.92 Å². The van der Waals surface area contributed by atoms with Gasteiger partial charge in [-0.05, 0) is 94.5 Å². The first-order chi connectivity index (χ1) is 23.6. The zero-order chi connectivity index (χ0) is 38.6. The predicted octanol–water partition coefficient (Wildman–Crippen LogP) is 4.47. The fourth-order valence-electron chi connectivity index (χ4n) is 5.76. The Morgan fingerprint density at radius 1 is 0.647 bits per heavy atom. The van der Waals surface area contributed by atoms with E-state index in [4.69, 9.17) is 14.2 Å². The summed E-state index contributed by atoms with van der Waals surface area (Å²) in [6, 6.07) is -0.496. The number of thiol groups is 1. The van der Waals surface area contributed by atoms with Crippen molar-refractivity contribution in [3.05, 3.63) is 0 Å². The topological polar surface area (TPSA) is 141 Å². The summed E-state index contributed by atoms with van der Waals surface area (Å²) in [5.74, 6) is -0.0587. The summed E-state index contributed by atoms with van der Waals surface area (Å²) in [5.41, 5.74) is -2.08. The molecule has 1 N–H and O–H groups in total. The van der Waals surface area contributed by atoms with Crippen molar-refractivity contribution in [3.63, 3.8) is 0 Å². The van der Waals surface area contributed by atoms with E-state index in [0.717, 1.165) is 6.42 Å². The van der Waals surface area contributed by atoms with Gasteiger partial charge in [0.15, 0.2) is 0 Å². The molecule has 2 fully saturated rings. The number of rotatable bonds is 6. The molecular weight excluding hydrogens is 676 g/mol. The van der Waals surface area contributed by atoms with Gasteiger partial charge in [-0.3, -0.25) is 14.5 Å². The number of ether oxygens (including phenoxy) is 3. The van der Waals surface area contributed by atoms with E-state index in [0.29, 0.717) is 83.9 Å². The first-order valence-electron chi connectivity index (χ1n) is 18.5. The van der Waals surface area contributed by atoms with Crippen LogP contribution in [0.25, 0.3) is 0 Å². The van der Waals surface area contributed by atoms with Gasteiger partial charge in [-0.1, -0.05) is 6.92 Å². The lowest BCUT2D eigenvalue weighted by atomic mass is 10.1. The molecule has 294 valence electrons. The van der Waals surface area contributed by atoms with Crippen molar-refractivity contribution in [1.29, 1.82) is 0 Å². The van der Waals surface area contributed by atoms with Crippen LogP contribution in [0.15, 0.2) is 0 Å². The summed E-state index contributed by atoms with van der Waals surface area (Å²) in [6.45, 7) is 22.5. The fourth-order valence-corrected chi connectivity index (χ4v) is 5.91. The van der Waals surface area contributed by atoms with Crippen LogP contribution in [0.5, 0.6) is 0 Å². The second-order valence-electron chi connectivity index (χ2n) is 16.5. The molecular formula is C36H66N6O8S. The molecule has 2 unspecified atom stereocenters. The third-order valence-electron chi connectivity index (χ3n) is 8.30. The van der Waals surface area contributed by atoms with Crippen molar-refractivity contribution >= 4 is 42.7 Å². The number of amides is 5. The van der Waals surface area contributed by atoms with Crippen LogP contribution in [0.1, 0.15) is 94.9 Å². The van der Waals surface area contributed by atoms with E-state index in [1.807, 2.05) is 48.5 Å². The highest BCUT2D eigenvalue weighted by Gasteiger charge is 2.35. The number of likely N-dealkylation sites (tertiary alicyclic amines) is 1. The van der Waals surface area contributed by atoms with E-state index < -0.39 is 41.1 Å². The largest absolute Gasteiger partial charge is 0.444 e. The van der Waals surface area contributed by atoms with Crippen molar-refractivity contribution in [3.8, 4) is 0 Å². The van der Waals surface area contributed by atoms with E-state index in [9.17, 15) is 24.0 Å². The number of hydrogen-bond donors (Lipinski definition) is 2. The van der Waals surface area contributed by atoms with Gasteiger partial charge in [0.25, 0.3) is 0 Å². The van der Waals surface area contributed by atoms with Gasteiger partial charge in [0, 0.05) is 77.1 Å². The summed E-state index contributed by atoms with van der Waals surface area (Å²) < 4.78 is 17.1. The van der Waals surface area contributed by atoms with E-state index in [1.165, 1.54) is 0 Å². The minimum Gasteiger partial charge on any atom is -0.444 e. The Balaban J connectivity index is 2.25. The molecule has 0 spiro atoms. The molecule has 0 radical (unpaired) electrons. The second-order valence-corrected chi connectivity index (χ2v) is 16.9. The smallest absolute Gasteiger partial charge is 0.410 e. The maximum Gasteiger partial charge on any atom is 0.410 e. The van der Waals surface area contributed by atoms with Gasteiger partial charge in [-0.25, -0.2) is 14.4 Å². The highest BCUT2D eigenvalue weighted by Crippen LogP contribution is 2.21. The average molecular weight is 743 g/mol. The monoisotopic (exact) mass is 742 g/mol. The number of nitrogens with zero attached hydrogens (tertiary/aromatic N) is 5. The third kappa shape index (κ3) is 16.5. The maximum atomic E-state index is 13.3. The SMILES string of the molecule is CC(CS)C(=O)N1CCCC1C(=O)NCCN1CCCN(C(=O)OC(C)(C)C)CCN(C(=O)OC(C)(C)C)CCCN(C(=O)OC(C)(C)C)CC1. The molecule has 0 aromatic carbocycles. The fraction of sp³-hybridized carbons (Fsp3) is 0.861. The summed E-state index contributed by atoms with van der Waals surface area (Å²) in [4.78, 5) is 74.7. The van der Waals surface area contributed by atoms with Gasteiger partial charge in [-0.15, -0.1) is 0 Å². The van der Waals surface area contributed by atoms with Gasteiger partial charge in [-0.2, -0.15) is 12.6 Å². The van der Waals surface area contributed by atoms with Crippen LogP contribution in [-0.2, 0) is 23.8 Å². The maximum absolute atomic E-state index is 13.3. The molecule has 2 aliphatic rings. The highest BCUT2D eigenvalue weighted by molar-refractivity contribution is 7.80. The Kier molecular flexibility index (Phi) is 17.1. The van der Waals surface area contributed by atoms with Crippen LogP contribution in [0.3, 0.4) is 0 Å². The number of nitrogens with one attached hydrogen (secondary N) is 1. The van der Waals surface area contributed by atoms with Crippen LogP contribution in [-0.4, -0.2) is 155 Å². The lowest BCUT2D eigenvalue weighted by Gasteiger charge is -2.34. The van der Waals surface area contributed by atoms with E-state index in [-0.39, 0.29) is 30.8 Å². The Hall–Kier alpha value is -2.94. The quantitative estimate of drug-likeness (QED) is 0.298. The van der Waals surface area contributed by atoms with Gasteiger partial charge < -0.3 is 39.1 Å². The van der Waals surface area contributed by atoms with Gasteiger partial charge in [0.05, 0.1) is 0 Å². The summed E-state index contributed by atoms with van der Waals surface area (Å²) in [5, 5.41) is 3.03. The Morgan fingerprint density at radius 2 is 1.08 bits per heavy atom. The standard InChI is InChI=1S/C36H66N6O8S/c1-27(26-51)30(44)42-20-11-14-28(42)29(43)37-15-21-38-16-12-17-40(32(46)49-35(5,6)7)24-25-41(33(47)50-36(8,9)10)19-13-18-39(23-22-38)31(45)48-34(2,3)4/h27-28,51H,11-26H2,1-10H3,(H,37,43). The van der Waals surface area contributed by atoms with Crippen molar-refractivity contribution in [1.82, 2.24) is 29.8 Å². The molecule has 2 rings (SSSR count). The molecule has 5 amide bonds. The molecule has 0 aromatic heterocycles. The van der Waals surface area contributed by atoms with Crippen LogP contribution >= 0.6 is 12.6 Å². The normalized spacial score (nSPS) is 19.9. The zero-order valence-corrected chi connectivity index (χ0v) is 33.8. The molecule has 14 nitrogen and oxygen atoms in total. The first-order valence-corrected chi connectivity index (χ1v) is 19.1. The van der Waals surface area contributed by atoms with Crippen LogP contribution in [0.4, 0.5) is 14.4 Å². The van der Waals surface area contributed by atoms with Crippen molar-refractivity contribution in [2.45, 2.75) is 118 Å². The van der Waals surface area contributed by atoms with E-state index >= 15 is 0 Å². The molecule has 0 saturated carbocycles. The van der Waals surface area contributed by atoms with Gasteiger partial charge in [0.2, 0.25) is 11.8 Å². The van der Waals surface area contributed by atoms with Gasteiger partial charge in [0.1, 0.15) is 22.8 Å².